The van der Waals surface area contributed by atoms with Gasteiger partial charge in [0.15, 0.2) is 0 Å². The van der Waals surface area contributed by atoms with E-state index < -0.39 is 5.54 Å². The van der Waals surface area contributed by atoms with Crippen molar-refractivity contribution in [2.24, 2.45) is 0 Å². The zero-order valence-corrected chi connectivity index (χ0v) is 13.0. The van der Waals surface area contributed by atoms with E-state index >= 15 is 0 Å². The monoisotopic (exact) mass is 281 g/mol. The van der Waals surface area contributed by atoms with Gasteiger partial charge in [-0.1, -0.05) is 11.8 Å². The maximum absolute atomic E-state index is 9.23. The minimum Gasteiger partial charge on any atom is -0.297 e. The number of nitriles is 1. The molecule has 19 heavy (non-hydrogen) atoms. The van der Waals surface area contributed by atoms with Gasteiger partial charge in [-0.2, -0.15) is 5.26 Å². The Kier molecular flexibility index (Phi) is 6.32. The fraction of sp³-hybridized carbons (Fsp3) is 0.769. The molecule has 0 saturated carbocycles. The average molecular weight is 281 g/mol. The molecule has 0 aliphatic heterocycles. The minimum atomic E-state index is -0.417. The van der Waals surface area contributed by atoms with Crippen LogP contribution < -0.4 is 5.32 Å². The first kappa shape index (κ1) is 16.0. The third-order valence-corrected chi connectivity index (χ3v) is 3.67. The van der Waals surface area contributed by atoms with E-state index in [0.717, 1.165) is 36.0 Å². The van der Waals surface area contributed by atoms with E-state index in [2.05, 4.69) is 40.4 Å². The van der Waals surface area contributed by atoms with Gasteiger partial charge < -0.3 is 0 Å². The number of nitrogens with zero attached hydrogens (tertiary/aromatic N) is 3. The molecule has 0 radical (unpaired) electrons. The van der Waals surface area contributed by atoms with Crippen LogP contribution in [0.2, 0.25) is 0 Å². The summed E-state index contributed by atoms with van der Waals surface area (Å²) in [5, 5.41) is 20.3. The summed E-state index contributed by atoms with van der Waals surface area (Å²) >= 11 is 1.66. The molecule has 0 aromatic carbocycles. The van der Waals surface area contributed by atoms with Crippen molar-refractivity contribution in [3.63, 3.8) is 0 Å². The van der Waals surface area contributed by atoms with Crippen LogP contribution in [0.5, 0.6) is 0 Å². The lowest BCUT2D eigenvalue weighted by Crippen LogP contribution is -2.44. The molecular weight excluding hydrogens is 258 g/mol. The second kappa shape index (κ2) is 7.51. The third kappa shape index (κ3) is 6.08. The lowest BCUT2D eigenvalue weighted by atomic mass is 9.96. The molecule has 1 unspecified atom stereocenters. The number of H-pyrrole nitrogens is 1. The Bertz CT molecular complexity index is 423. The number of hydrogen-bond acceptors (Lipinski definition) is 5. The van der Waals surface area contributed by atoms with Crippen molar-refractivity contribution >= 4 is 11.8 Å². The van der Waals surface area contributed by atoms with Crippen molar-refractivity contribution in [3.05, 3.63) is 5.82 Å². The normalized spacial score (nSPS) is 14.3. The Hall–Kier alpha value is -1.06. The number of rotatable bonds is 8. The van der Waals surface area contributed by atoms with E-state index in [1.807, 2.05) is 13.8 Å². The molecule has 0 amide bonds. The van der Waals surface area contributed by atoms with Crippen molar-refractivity contribution in [1.29, 1.82) is 5.26 Å². The molecular formula is C13H23N5S. The lowest BCUT2D eigenvalue weighted by molar-refractivity contribution is 0.372. The highest BCUT2D eigenvalue weighted by Crippen LogP contribution is 2.18. The quantitative estimate of drug-likeness (QED) is 0.566. The maximum Gasteiger partial charge on any atom is 0.208 e. The van der Waals surface area contributed by atoms with Crippen molar-refractivity contribution < 1.29 is 0 Å². The minimum absolute atomic E-state index is 0.329. The number of nitrogens with one attached hydrogen (secondary N) is 2. The Labute approximate surface area is 119 Å². The second-order valence-corrected chi connectivity index (χ2v) is 6.31. The van der Waals surface area contributed by atoms with E-state index in [0.29, 0.717) is 6.04 Å². The average Bonchev–Trinajstić information content (AvgIpc) is 2.74. The molecule has 5 nitrogen and oxygen atoms in total. The van der Waals surface area contributed by atoms with Crippen LogP contribution in [0.3, 0.4) is 0 Å². The molecule has 1 rings (SSSR count). The molecule has 1 aromatic heterocycles. The Morgan fingerprint density at radius 1 is 1.47 bits per heavy atom. The largest absolute Gasteiger partial charge is 0.297 e. The number of aromatic nitrogens is 3. The summed E-state index contributed by atoms with van der Waals surface area (Å²) in [6.07, 6.45) is 2.96. The topological polar surface area (TPSA) is 77.4 Å². The number of unbranched alkanes of at least 4 members (excludes halogenated alkanes) is 1. The van der Waals surface area contributed by atoms with Crippen LogP contribution in [0.15, 0.2) is 5.16 Å². The first-order chi connectivity index (χ1) is 8.95. The predicted molar refractivity (Wildman–Crippen MR) is 78.0 cm³/mol. The van der Waals surface area contributed by atoms with Crippen LogP contribution >= 0.6 is 11.8 Å². The Balaban J connectivity index is 2.21. The number of aromatic amines is 1. The van der Waals surface area contributed by atoms with E-state index in [1.165, 1.54) is 0 Å². The van der Waals surface area contributed by atoms with Crippen molar-refractivity contribution in [2.45, 2.75) is 63.7 Å². The molecule has 2 N–H and O–H groups in total. The van der Waals surface area contributed by atoms with Gasteiger partial charge in [0, 0.05) is 11.8 Å². The molecule has 0 aliphatic carbocycles. The van der Waals surface area contributed by atoms with Crippen molar-refractivity contribution in [2.75, 3.05) is 5.75 Å². The Morgan fingerprint density at radius 2 is 2.21 bits per heavy atom. The first-order valence-electron chi connectivity index (χ1n) is 6.66. The van der Waals surface area contributed by atoms with Gasteiger partial charge in [0.05, 0.1) is 6.07 Å². The van der Waals surface area contributed by atoms with Gasteiger partial charge in [-0.15, -0.1) is 5.10 Å². The number of aryl methyl sites for hydroxylation is 1. The van der Waals surface area contributed by atoms with Gasteiger partial charge in [0.2, 0.25) is 5.16 Å². The van der Waals surface area contributed by atoms with E-state index in [-0.39, 0.29) is 0 Å². The predicted octanol–water partition coefficient (Wildman–Crippen LogP) is 2.66. The van der Waals surface area contributed by atoms with Crippen LogP contribution in [-0.4, -0.2) is 32.5 Å². The molecule has 0 spiro atoms. The highest BCUT2D eigenvalue weighted by molar-refractivity contribution is 7.99. The van der Waals surface area contributed by atoms with Crippen LogP contribution in [0.25, 0.3) is 0 Å². The van der Waals surface area contributed by atoms with E-state index in [4.69, 9.17) is 0 Å². The van der Waals surface area contributed by atoms with Gasteiger partial charge >= 0.3 is 0 Å². The highest BCUT2D eigenvalue weighted by Gasteiger charge is 2.23. The van der Waals surface area contributed by atoms with E-state index in [1.54, 1.807) is 11.8 Å². The Morgan fingerprint density at radius 3 is 2.74 bits per heavy atom. The van der Waals surface area contributed by atoms with Gasteiger partial charge in [0.1, 0.15) is 11.4 Å². The van der Waals surface area contributed by atoms with Gasteiger partial charge in [-0.3, -0.25) is 10.4 Å². The van der Waals surface area contributed by atoms with Gasteiger partial charge in [0.25, 0.3) is 0 Å². The summed E-state index contributed by atoms with van der Waals surface area (Å²) in [5.74, 6) is 1.83. The number of hydrogen-bond donors (Lipinski definition) is 2. The van der Waals surface area contributed by atoms with Crippen LogP contribution in [0.4, 0.5) is 0 Å². The molecule has 1 atom stereocenters. The van der Waals surface area contributed by atoms with Crippen LogP contribution in [-0.2, 0) is 0 Å². The van der Waals surface area contributed by atoms with Crippen molar-refractivity contribution in [1.82, 2.24) is 20.5 Å². The number of thioether (sulfide) groups is 1. The standard InChI is InChI=1S/C13H23N5S/c1-10(2)16-13(4,9-14)7-5-6-8-19-12-15-11(3)17-18-12/h10,16H,5-8H2,1-4H3,(H,15,17,18). The molecule has 0 aliphatic rings. The fourth-order valence-corrected chi connectivity index (χ4v) is 2.77. The molecule has 1 heterocycles. The SMILES string of the molecule is Cc1nc(SCCCCC(C)(C#N)NC(C)C)n[nH]1. The second-order valence-electron chi connectivity index (χ2n) is 5.25. The summed E-state index contributed by atoms with van der Waals surface area (Å²) in [6, 6.07) is 2.70. The van der Waals surface area contributed by atoms with Crippen LogP contribution in [0, 0.1) is 18.3 Å². The van der Waals surface area contributed by atoms with Crippen molar-refractivity contribution in [3.8, 4) is 6.07 Å². The third-order valence-electron chi connectivity index (χ3n) is 2.73. The molecule has 0 fully saturated rings. The zero-order valence-electron chi connectivity index (χ0n) is 12.2. The summed E-state index contributed by atoms with van der Waals surface area (Å²) in [4.78, 5) is 4.24. The molecule has 1 aromatic rings. The molecule has 0 saturated heterocycles. The van der Waals surface area contributed by atoms with Crippen LogP contribution in [0.1, 0.15) is 45.9 Å². The van der Waals surface area contributed by atoms with Gasteiger partial charge in [-0.25, -0.2) is 4.98 Å². The lowest BCUT2D eigenvalue weighted by Gasteiger charge is -2.25. The molecule has 106 valence electrons. The first-order valence-corrected chi connectivity index (χ1v) is 7.64. The fourth-order valence-electron chi connectivity index (χ4n) is 1.93. The molecule has 0 bridgehead atoms. The smallest absolute Gasteiger partial charge is 0.208 e. The summed E-state index contributed by atoms with van der Waals surface area (Å²) in [5.41, 5.74) is -0.417. The molecule has 6 heteroatoms. The zero-order chi connectivity index (χ0) is 14.3. The highest BCUT2D eigenvalue weighted by atomic mass is 32.2. The van der Waals surface area contributed by atoms with E-state index in [9.17, 15) is 5.26 Å². The summed E-state index contributed by atoms with van der Waals surface area (Å²) in [7, 11) is 0. The summed E-state index contributed by atoms with van der Waals surface area (Å²) in [6.45, 7) is 8.00. The maximum atomic E-state index is 9.23. The summed E-state index contributed by atoms with van der Waals surface area (Å²) < 4.78 is 0. The van der Waals surface area contributed by atoms with Gasteiger partial charge in [-0.05, 0) is 47.0 Å².